The van der Waals surface area contributed by atoms with Gasteiger partial charge in [0, 0.05) is 45.4 Å². The topological polar surface area (TPSA) is 156 Å². The molecule has 0 saturated heterocycles. The second-order valence-corrected chi connectivity index (χ2v) is 10.4. The van der Waals surface area contributed by atoms with Gasteiger partial charge in [-0.25, -0.2) is 0 Å². The number of nitro groups is 1. The van der Waals surface area contributed by atoms with Crippen molar-refractivity contribution in [1.29, 1.82) is 0 Å². The van der Waals surface area contributed by atoms with E-state index < -0.39 is 26.9 Å². The molecule has 0 aliphatic heterocycles. The van der Waals surface area contributed by atoms with Gasteiger partial charge in [-0.2, -0.15) is 8.42 Å². The predicted octanol–water partition coefficient (Wildman–Crippen LogP) is 6.17. The number of benzene rings is 5. The summed E-state index contributed by atoms with van der Waals surface area (Å²) < 4.78 is 33.0. The van der Waals surface area contributed by atoms with Gasteiger partial charge in [0.15, 0.2) is 0 Å². The van der Waals surface area contributed by atoms with Crippen LogP contribution in [0.3, 0.4) is 0 Å². The highest BCUT2D eigenvalue weighted by Gasteiger charge is 2.16. The van der Waals surface area contributed by atoms with Crippen LogP contribution in [0.2, 0.25) is 0 Å². The quantitative estimate of drug-likeness (QED) is 0.121. The van der Waals surface area contributed by atoms with Crippen LogP contribution in [0.15, 0.2) is 114 Å². The van der Waals surface area contributed by atoms with Gasteiger partial charge in [-0.3, -0.25) is 24.3 Å². The minimum atomic E-state index is -4.44. The standard InChI is InChI=1S/C30H21N3O7S/c34-29(22-13-17-24(18-14-22)33(36)37)31-23-15-11-20(12-16-23)19-7-9-21(10-8-19)30(35)32-27-5-1-4-26-25(27)3-2-6-28(26)41(38,39)40/h1-18H,(H,31,34)(H,32,35)(H,38,39,40). The average molecular weight is 568 g/mol. The highest BCUT2D eigenvalue weighted by Crippen LogP contribution is 2.29. The molecule has 0 saturated carbocycles. The summed E-state index contributed by atoms with van der Waals surface area (Å²) in [7, 11) is -4.44. The van der Waals surface area contributed by atoms with Crippen molar-refractivity contribution in [3.05, 3.63) is 130 Å². The van der Waals surface area contributed by atoms with Crippen LogP contribution < -0.4 is 10.6 Å². The number of hydrogen-bond acceptors (Lipinski definition) is 6. The van der Waals surface area contributed by atoms with Gasteiger partial charge in [0.25, 0.3) is 27.6 Å². The zero-order chi connectivity index (χ0) is 29.1. The Labute approximate surface area is 234 Å². The van der Waals surface area contributed by atoms with Crippen LogP contribution >= 0.6 is 0 Å². The van der Waals surface area contributed by atoms with E-state index >= 15 is 0 Å². The second-order valence-electron chi connectivity index (χ2n) is 9.00. The molecule has 10 nitrogen and oxygen atoms in total. The first-order valence-electron chi connectivity index (χ1n) is 12.2. The van der Waals surface area contributed by atoms with E-state index in [1.165, 1.54) is 36.4 Å². The number of amides is 2. The molecule has 0 aliphatic carbocycles. The number of non-ortho nitro benzene ring substituents is 1. The number of carbonyl (C=O) groups excluding carboxylic acids is 2. The fraction of sp³-hybridized carbons (Fsp3) is 0. The summed E-state index contributed by atoms with van der Waals surface area (Å²) in [4.78, 5) is 35.4. The van der Waals surface area contributed by atoms with E-state index in [1.54, 1.807) is 60.7 Å². The normalized spacial score (nSPS) is 11.1. The zero-order valence-corrected chi connectivity index (χ0v) is 22.0. The summed E-state index contributed by atoms with van der Waals surface area (Å²) >= 11 is 0. The van der Waals surface area contributed by atoms with Crippen molar-refractivity contribution in [2.45, 2.75) is 4.90 Å². The molecular weight excluding hydrogens is 546 g/mol. The van der Waals surface area contributed by atoms with Crippen molar-refractivity contribution in [1.82, 2.24) is 0 Å². The van der Waals surface area contributed by atoms with Crippen LogP contribution in [-0.4, -0.2) is 29.7 Å². The molecule has 0 aliphatic rings. The molecular formula is C30H21N3O7S. The van der Waals surface area contributed by atoms with Crippen molar-refractivity contribution in [2.75, 3.05) is 10.6 Å². The first-order chi connectivity index (χ1) is 19.6. The molecule has 0 spiro atoms. The number of fused-ring (bicyclic) bond motifs is 1. The number of carbonyl (C=O) groups is 2. The number of nitrogens with one attached hydrogen (secondary N) is 2. The lowest BCUT2D eigenvalue weighted by Crippen LogP contribution is -2.12. The number of hydrogen-bond donors (Lipinski definition) is 3. The zero-order valence-electron chi connectivity index (χ0n) is 21.1. The summed E-state index contributed by atoms with van der Waals surface area (Å²) in [5, 5.41) is 17.1. The Morgan fingerprint density at radius 2 is 1.17 bits per heavy atom. The Morgan fingerprint density at radius 3 is 1.76 bits per heavy atom. The highest BCUT2D eigenvalue weighted by atomic mass is 32.2. The van der Waals surface area contributed by atoms with Crippen LogP contribution in [0.4, 0.5) is 17.1 Å². The van der Waals surface area contributed by atoms with E-state index in [1.807, 2.05) is 12.1 Å². The van der Waals surface area contributed by atoms with Gasteiger partial charge in [-0.05, 0) is 59.7 Å². The maximum Gasteiger partial charge on any atom is 0.295 e. The highest BCUT2D eigenvalue weighted by molar-refractivity contribution is 7.86. The number of nitro benzene ring substituents is 1. The first-order valence-corrected chi connectivity index (χ1v) is 13.6. The van der Waals surface area contributed by atoms with E-state index in [-0.39, 0.29) is 21.5 Å². The fourth-order valence-corrected chi connectivity index (χ4v) is 5.01. The molecule has 2 amide bonds. The Bertz CT molecular complexity index is 1900. The maximum atomic E-state index is 13.0. The lowest BCUT2D eigenvalue weighted by Gasteiger charge is -2.11. The SMILES string of the molecule is O=C(Nc1ccc(-c2ccc(C(=O)Nc3cccc4c(S(=O)(=O)O)cccc34)cc2)cc1)c1ccc([N+](=O)[O-])cc1. The van der Waals surface area contributed by atoms with Crippen molar-refractivity contribution < 1.29 is 27.5 Å². The van der Waals surface area contributed by atoms with Gasteiger partial charge in [0.2, 0.25) is 0 Å². The van der Waals surface area contributed by atoms with E-state index in [0.29, 0.717) is 22.3 Å². The Balaban J connectivity index is 1.27. The molecule has 0 radical (unpaired) electrons. The molecule has 0 aromatic heterocycles. The number of anilines is 2. The minimum Gasteiger partial charge on any atom is -0.322 e. The summed E-state index contributed by atoms with van der Waals surface area (Å²) in [6, 6.07) is 28.5. The number of rotatable bonds is 7. The number of nitrogens with zero attached hydrogens (tertiary/aromatic N) is 1. The van der Waals surface area contributed by atoms with Crippen molar-refractivity contribution in [2.24, 2.45) is 0 Å². The van der Waals surface area contributed by atoms with Gasteiger partial charge in [0.05, 0.1) is 4.92 Å². The van der Waals surface area contributed by atoms with Crippen molar-refractivity contribution >= 4 is 49.8 Å². The molecule has 41 heavy (non-hydrogen) atoms. The molecule has 11 heteroatoms. The summed E-state index contributed by atoms with van der Waals surface area (Å²) in [5.41, 5.74) is 3.18. The van der Waals surface area contributed by atoms with Gasteiger partial charge in [0.1, 0.15) is 4.90 Å². The largest absolute Gasteiger partial charge is 0.322 e. The van der Waals surface area contributed by atoms with Gasteiger partial charge in [-0.15, -0.1) is 0 Å². The molecule has 0 heterocycles. The molecule has 5 rings (SSSR count). The molecule has 0 bridgehead atoms. The average Bonchev–Trinajstić information content (AvgIpc) is 2.97. The van der Waals surface area contributed by atoms with E-state index in [9.17, 15) is 32.7 Å². The fourth-order valence-electron chi connectivity index (χ4n) is 4.31. The summed E-state index contributed by atoms with van der Waals surface area (Å²) in [5.74, 6) is -0.797. The lowest BCUT2D eigenvalue weighted by molar-refractivity contribution is -0.384. The molecule has 5 aromatic carbocycles. The summed E-state index contributed by atoms with van der Waals surface area (Å²) in [6.45, 7) is 0. The van der Waals surface area contributed by atoms with Gasteiger partial charge in [-0.1, -0.05) is 48.5 Å². The van der Waals surface area contributed by atoms with Crippen LogP contribution in [-0.2, 0) is 10.1 Å². The first kappa shape index (κ1) is 27.2. The minimum absolute atomic E-state index is 0.0998. The third kappa shape index (κ3) is 5.96. The van der Waals surface area contributed by atoms with Crippen LogP contribution in [0.25, 0.3) is 21.9 Å². The Kier molecular flexibility index (Phi) is 7.30. The molecule has 204 valence electrons. The lowest BCUT2D eigenvalue weighted by atomic mass is 10.0. The van der Waals surface area contributed by atoms with Crippen molar-refractivity contribution in [3.8, 4) is 11.1 Å². The van der Waals surface area contributed by atoms with Gasteiger partial charge >= 0.3 is 0 Å². The van der Waals surface area contributed by atoms with Crippen LogP contribution in [0.1, 0.15) is 20.7 Å². The van der Waals surface area contributed by atoms with E-state index in [2.05, 4.69) is 10.6 Å². The third-order valence-corrected chi connectivity index (χ3v) is 7.28. The van der Waals surface area contributed by atoms with Crippen LogP contribution in [0, 0.1) is 10.1 Å². The predicted molar refractivity (Wildman–Crippen MR) is 155 cm³/mol. The van der Waals surface area contributed by atoms with Crippen molar-refractivity contribution in [3.63, 3.8) is 0 Å². The smallest absolute Gasteiger partial charge is 0.295 e. The Hall–Kier alpha value is -5.39. The maximum absolute atomic E-state index is 13.0. The molecule has 5 aromatic rings. The van der Waals surface area contributed by atoms with Crippen LogP contribution in [0.5, 0.6) is 0 Å². The van der Waals surface area contributed by atoms with E-state index in [0.717, 1.165) is 11.1 Å². The monoisotopic (exact) mass is 567 g/mol. The Morgan fingerprint density at radius 1 is 0.659 bits per heavy atom. The molecule has 0 atom stereocenters. The molecule has 3 N–H and O–H groups in total. The van der Waals surface area contributed by atoms with E-state index in [4.69, 9.17) is 0 Å². The second kappa shape index (κ2) is 11.0. The summed E-state index contributed by atoms with van der Waals surface area (Å²) in [6.07, 6.45) is 0. The van der Waals surface area contributed by atoms with Gasteiger partial charge < -0.3 is 10.6 Å². The molecule has 0 unspecified atom stereocenters. The molecule has 0 fully saturated rings. The third-order valence-electron chi connectivity index (χ3n) is 6.37.